The summed E-state index contributed by atoms with van der Waals surface area (Å²) in [5.74, 6) is 2.20. The second kappa shape index (κ2) is 8.71. The van der Waals surface area contributed by atoms with E-state index in [1.807, 2.05) is 18.4 Å². The van der Waals surface area contributed by atoms with E-state index in [1.54, 1.807) is 17.5 Å². The van der Waals surface area contributed by atoms with Gasteiger partial charge in [0.15, 0.2) is 4.80 Å². The first kappa shape index (κ1) is 22.0. The molecule has 0 bridgehead atoms. The maximum absolute atomic E-state index is 13.2. The molecule has 3 aromatic rings. The van der Waals surface area contributed by atoms with E-state index in [9.17, 15) is 13.2 Å². The number of hydrogen-bond acceptors (Lipinski definition) is 5. The maximum Gasteiger partial charge on any atom is 0.266 e. The minimum absolute atomic E-state index is 0.252. The van der Waals surface area contributed by atoms with E-state index in [1.165, 1.54) is 15.6 Å². The fourth-order valence-electron chi connectivity index (χ4n) is 3.79. The Morgan fingerprint density at radius 2 is 2.06 bits per heavy atom. The van der Waals surface area contributed by atoms with Crippen molar-refractivity contribution in [3.05, 3.63) is 45.6 Å². The molecule has 0 radical (unpaired) electrons. The van der Waals surface area contributed by atoms with Crippen molar-refractivity contribution in [2.45, 2.75) is 49.9 Å². The number of aromatic nitrogens is 1. The number of nitrogens with zero attached hydrogens (tertiary/aromatic N) is 3. The largest absolute Gasteiger partial charge is 0.305 e. The molecule has 1 atom stereocenters. The summed E-state index contributed by atoms with van der Waals surface area (Å²) in [7, 11) is -3.73. The number of terminal acetylenes is 1. The Morgan fingerprint density at radius 3 is 2.77 bits per heavy atom. The molecule has 0 spiro atoms. The number of fused-ring (bicyclic) bond motifs is 1. The minimum atomic E-state index is -3.73. The molecule has 1 aliphatic rings. The molecule has 1 aromatic carbocycles. The molecule has 162 valence electrons. The molecule has 9 heteroatoms. The zero-order valence-electron chi connectivity index (χ0n) is 17.4. The van der Waals surface area contributed by atoms with Crippen LogP contribution in [-0.2, 0) is 21.4 Å². The number of piperidine rings is 1. The number of hydrogen-bond donors (Lipinski definition) is 0. The molecule has 1 fully saturated rings. The highest BCUT2D eigenvalue weighted by atomic mass is 32.2. The van der Waals surface area contributed by atoms with Crippen molar-refractivity contribution in [2.75, 3.05) is 6.54 Å². The van der Waals surface area contributed by atoms with E-state index in [2.05, 4.69) is 23.0 Å². The van der Waals surface area contributed by atoms with Crippen LogP contribution in [-0.4, -0.2) is 35.8 Å². The van der Waals surface area contributed by atoms with E-state index in [0.29, 0.717) is 17.8 Å². The zero-order chi connectivity index (χ0) is 22.2. The molecule has 1 aliphatic heterocycles. The molecule has 0 aliphatic carbocycles. The molecule has 4 rings (SSSR count). The number of sulfonamides is 1. The van der Waals surface area contributed by atoms with Gasteiger partial charge in [-0.25, -0.2) is 8.42 Å². The van der Waals surface area contributed by atoms with Gasteiger partial charge in [0.25, 0.3) is 15.9 Å². The van der Waals surface area contributed by atoms with Gasteiger partial charge in [0.1, 0.15) is 10.3 Å². The van der Waals surface area contributed by atoms with Crippen LogP contribution in [0.4, 0.5) is 0 Å². The van der Waals surface area contributed by atoms with Crippen molar-refractivity contribution in [1.82, 2.24) is 8.87 Å². The van der Waals surface area contributed by atoms with Gasteiger partial charge >= 0.3 is 0 Å². The molecule has 6 nitrogen and oxygen atoms in total. The highest BCUT2D eigenvalue weighted by molar-refractivity contribution is 7.91. The highest BCUT2D eigenvalue weighted by Gasteiger charge is 2.38. The summed E-state index contributed by atoms with van der Waals surface area (Å²) in [6.07, 6.45) is 7.56. The predicted molar refractivity (Wildman–Crippen MR) is 125 cm³/mol. The van der Waals surface area contributed by atoms with Gasteiger partial charge in [-0.1, -0.05) is 29.7 Å². The number of thiazole rings is 1. The summed E-state index contributed by atoms with van der Waals surface area (Å²) in [5.41, 5.74) is 3.22. The Balaban J connectivity index is 1.77. The van der Waals surface area contributed by atoms with Crippen molar-refractivity contribution < 1.29 is 13.2 Å². The second-order valence-electron chi connectivity index (χ2n) is 7.59. The Bertz CT molecular complexity index is 1340. The van der Waals surface area contributed by atoms with Crippen LogP contribution in [0.3, 0.4) is 0 Å². The fourth-order valence-corrected chi connectivity index (χ4v) is 7.67. The number of carbonyl (C=O) groups excluding carboxylic acids is 1. The number of carbonyl (C=O) groups is 1. The average Bonchev–Trinajstić information content (AvgIpc) is 3.39. The normalized spacial score (nSPS) is 18.4. The molecule has 3 heterocycles. The van der Waals surface area contributed by atoms with Crippen LogP contribution in [0, 0.1) is 26.2 Å². The standard InChI is InChI=1S/C22H23N3O3S3/c1-4-10-24-18-13-15(2)16(3)14-19(18)30-22(24)23-21(26)17-8-5-6-11-25(17)31(27,28)20-9-7-12-29-20/h1,7,9,12-14,17H,5-6,8,10-11H2,2-3H3. The van der Waals surface area contributed by atoms with Crippen molar-refractivity contribution >= 4 is 48.8 Å². The summed E-state index contributed by atoms with van der Waals surface area (Å²) in [5, 5.41) is 1.72. The molecule has 0 N–H and O–H groups in total. The van der Waals surface area contributed by atoms with E-state index in [4.69, 9.17) is 6.42 Å². The van der Waals surface area contributed by atoms with Crippen LogP contribution in [0.1, 0.15) is 30.4 Å². The third-order valence-electron chi connectivity index (χ3n) is 5.55. The first-order valence-corrected chi connectivity index (χ1v) is 13.1. The number of benzene rings is 1. The Kier molecular flexibility index (Phi) is 6.17. The molecule has 2 aromatic heterocycles. The molecule has 31 heavy (non-hydrogen) atoms. The monoisotopic (exact) mass is 473 g/mol. The Hall–Kier alpha value is -2.25. The van der Waals surface area contributed by atoms with Crippen molar-refractivity contribution in [1.29, 1.82) is 0 Å². The minimum Gasteiger partial charge on any atom is -0.305 e. The summed E-state index contributed by atoms with van der Waals surface area (Å²) in [6.45, 7) is 4.68. The quantitative estimate of drug-likeness (QED) is 0.543. The van der Waals surface area contributed by atoms with Gasteiger partial charge in [0.2, 0.25) is 0 Å². The van der Waals surface area contributed by atoms with Gasteiger partial charge in [0.05, 0.1) is 16.8 Å². The number of aryl methyl sites for hydroxylation is 2. The topological polar surface area (TPSA) is 71.7 Å². The second-order valence-corrected chi connectivity index (χ2v) is 11.7. The zero-order valence-corrected chi connectivity index (χ0v) is 19.8. The van der Waals surface area contributed by atoms with E-state index in [0.717, 1.165) is 45.5 Å². The SMILES string of the molecule is C#CCn1c(=NC(=O)C2CCCCN2S(=O)(=O)c2cccs2)sc2cc(C)c(C)cc21. The van der Waals surface area contributed by atoms with E-state index < -0.39 is 22.0 Å². The summed E-state index contributed by atoms with van der Waals surface area (Å²) < 4.78 is 30.7. The molecule has 1 saturated heterocycles. The highest BCUT2D eigenvalue weighted by Crippen LogP contribution is 2.28. The average molecular weight is 474 g/mol. The molecule has 1 amide bonds. The predicted octanol–water partition coefficient (Wildman–Crippen LogP) is 3.69. The maximum atomic E-state index is 13.2. The summed E-state index contributed by atoms with van der Waals surface area (Å²) in [4.78, 5) is 18.1. The van der Waals surface area contributed by atoms with Gasteiger partial charge in [-0.05, 0) is 61.4 Å². The molecule has 0 saturated carbocycles. The van der Waals surface area contributed by atoms with Crippen molar-refractivity contribution in [3.63, 3.8) is 0 Å². The lowest BCUT2D eigenvalue weighted by Gasteiger charge is -2.31. The lowest BCUT2D eigenvalue weighted by molar-refractivity contribution is -0.122. The van der Waals surface area contributed by atoms with Crippen LogP contribution in [0.5, 0.6) is 0 Å². The first-order valence-electron chi connectivity index (χ1n) is 10.0. The first-order chi connectivity index (χ1) is 14.8. The third-order valence-corrected chi connectivity index (χ3v) is 9.87. The van der Waals surface area contributed by atoms with E-state index in [-0.39, 0.29) is 10.8 Å². The lowest BCUT2D eigenvalue weighted by Crippen LogP contribution is -2.47. The van der Waals surface area contributed by atoms with Crippen LogP contribution in [0.25, 0.3) is 10.2 Å². The van der Waals surface area contributed by atoms with Crippen molar-refractivity contribution in [2.24, 2.45) is 4.99 Å². The van der Waals surface area contributed by atoms with Crippen LogP contribution >= 0.6 is 22.7 Å². The van der Waals surface area contributed by atoms with Gasteiger partial charge in [-0.2, -0.15) is 9.30 Å². The van der Waals surface area contributed by atoms with Gasteiger partial charge < -0.3 is 4.57 Å². The van der Waals surface area contributed by atoms with E-state index >= 15 is 0 Å². The summed E-state index contributed by atoms with van der Waals surface area (Å²) in [6, 6.07) is 6.60. The third kappa shape index (κ3) is 4.13. The number of amides is 1. The van der Waals surface area contributed by atoms with Crippen LogP contribution < -0.4 is 4.80 Å². The lowest BCUT2D eigenvalue weighted by atomic mass is 10.0. The van der Waals surface area contributed by atoms with Gasteiger partial charge in [-0.3, -0.25) is 4.79 Å². The Morgan fingerprint density at radius 1 is 1.29 bits per heavy atom. The summed E-state index contributed by atoms with van der Waals surface area (Å²) >= 11 is 2.56. The Labute approximate surface area is 189 Å². The number of thiophene rings is 1. The molecular weight excluding hydrogens is 450 g/mol. The van der Waals surface area contributed by atoms with Gasteiger partial charge in [-0.15, -0.1) is 17.8 Å². The molecule has 1 unspecified atom stereocenters. The van der Waals surface area contributed by atoms with Gasteiger partial charge in [0, 0.05) is 6.54 Å². The smallest absolute Gasteiger partial charge is 0.266 e. The van der Waals surface area contributed by atoms with Crippen LogP contribution in [0.15, 0.2) is 38.8 Å². The molecular formula is C22H23N3O3S3. The van der Waals surface area contributed by atoms with Crippen molar-refractivity contribution in [3.8, 4) is 12.3 Å². The number of rotatable bonds is 4. The van der Waals surface area contributed by atoms with Crippen LogP contribution in [0.2, 0.25) is 0 Å². The fraction of sp³-hybridized carbons (Fsp3) is 0.364.